The van der Waals surface area contributed by atoms with Gasteiger partial charge in [-0.15, -0.1) is 5.10 Å². The molecule has 0 atom stereocenters. The van der Waals surface area contributed by atoms with Gasteiger partial charge in [0.05, 0.1) is 5.75 Å². The molecule has 108 valence electrons. The van der Waals surface area contributed by atoms with Gasteiger partial charge < -0.3 is 0 Å². The fourth-order valence-electron chi connectivity index (χ4n) is 1.41. The summed E-state index contributed by atoms with van der Waals surface area (Å²) in [5.74, 6) is 0.895. The molecule has 0 aromatic carbocycles. The van der Waals surface area contributed by atoms with Crippen molar-refractivity contribution in [1.82, 2.24) is 30.2 Å². The molecule has 0 aliphatic heterocycles. The molecule has 0 aliphatic rings. The zero-order valence-corrected chi connectivity index (χ0v) is 11.3. The molecule has 2 aromatic heterocycles. The van der Waals surface area contributed by atoms with Crippen molar-refractivity contribution in [3.05, 3.63) is 23.8 Å². The average Bonchev–Trinajstić information content (AvgIpc) is 2.84. The summed E-state index contributed by atoms with van der Waals surface area (Å²) in [5.41, 5.74) is -0.955. The van der Waals surface area contributed by atoms with E-state index in [0.717, 1.165) is 30.4 Å². The van der Waals surface area contributed by atoms with Crippen LogP contribution in [0.4, 0.5) is 13.2 Å². The van der Waals surface area contributed by atoms with E-state index in [1.54, 1.807) is 4.68 Å². The van der Waals surface area contributed by atoms with E-state index in [-0.39, 0.29) is 5.16 Å². The number of halogens is 3. The Labute approximate surface area is 116 Å². The number of rotatable bonds is 5. The van der Waals surface area contributed by atoms with Crippen LogP contribution in [-0.4, -0.2) is 30.2 Å². The van der Waals surface area contributed by atoms with Crippen LogP contribution in [-0.2, 0) is 18.5 Å². The smallest absolute Gasteiger partial charge is 0.231 e. The quantitative estimate of drug-likeness (QED) is 0.623. The molecule has 0 radical (unpaired) electrons. The van der Waals surface area contributed by atoms with Crippen LogP contribution in [0.1, 0.15) is 24.9 Å². The van der Waals surface area contributed by atoms with Gasteiger partial charge in [0.25, 0.3) is 0 Å². The molecule has 6 nitrogen and oxygen atoms in total. The Balaban J connectivity index is 2.05. The topological polar surface area (TPSA) is 69.4 Å². The lowest BCUT2D eigenvalue weighted by atomic mass is 10.4. The van der Waals surface area contributed by atoms with Gasteiger partial charge >= 0.3 is 6.18 Å². The Morgan fingerprint density at radius 3 is 2.85 bits per heavy atom. The molecule has 0 saturated carbocycles. The van der Waals surface area contributed by atoms with Crippen LogP contribution < -0.4 is 0 Å². The van der Waals surface area contributed by atoms with Gasteiger partial charge in [0, 0.05) is 12.7 Å². The van der Waals surface area contributed by atoms with E-state index < -0.39 is 11.9 Å². The molecule has 10 heteroatoms. The Morgan fingerprint density at radius 1 is 1.35 bits per heavy atom. The third-order valence-corrected chi connectivity index (χ3v) is 3.15. The monoisotopic (exact) mass is 304 g/mol. The first-order chi connectivity index (χ1) is 9.50. The van der Waals surface area contributed by atoms with E-state index in [0.29, 0.717) is 18.1 Å². The maximum atomic E-state index is 12.5. The van der Waals surface area contributed by atoms with Gasteiger partial charge in [-0.2, -0.15) is 13.2 Å². The highest BCUT2D eigenvalue weighted by Gasteiger charge is 2.32. The van der Waals surface area contributed by atoms with Crippen LogP contribution in [0.2, 0.25) is 0 Å². The van der Waals surface area contributed by atoms with Gasteiger partial charge in [0.1, 0.15) is 5.69 Å². The number of thioether (sulfide) groups is 1. The van der Waals surface area contributed by atoms with E-state index in [2.05, 4.69) is 25.5 Å². The molecular formula is C10H11F3N6S. The Morgan fingerprint density at radius 2 is 2.15 bits per heavy atom. The summed E-state index contributed by atoms with van der Waals surface area (Å²) in [6.07, 6.45) is -2.52. The zero-order chi connectivity index (χ0) is 14.6. The number of alkyl halides is 3. The lowest BCUT2D eigenvalue weighted by molar-refractivity contribution is -0.141. The largest absolute Gasteiger partial charge is 0.433 e. The van der Waals surface area contributed by atoms with Crippen LogP contribution in [0.15, 0.2) is 17.4 Å². The second kappa shape index (κ2) is 6.16. The van der Waals surface area contributed by atoms with Crippen molar-refractivity contribution in [3.8, 4) is 0 Å². The molecule has 20 heavy (non-hydrogen) atoms. The highest BCUT2D eigenvalue weighted by Crippen LogP contribution is 2.28. The minimum atomic E-state index is -4.47. The number of tetrazole rings is 1. The van der Waals surface area contributed by atoms with Crippen LogP contribution in [0.3, 0.4) is 0 Å². The second-order valence-electron chi connectivity index (χ2n) is 3.83. The van der Waals surface area contributed by atoms with Crippen LogP contribution in [0, 0.1) is 0 Å². The standard InChI is InChI=1S/C10H11F3N6S/c1-2-5-19-8(16-17-18-19)6-20-9-14-4-3-7(15-9)10(11,12)13/h3-4H,2,5-6H2,1H3. The summed E-state index contributed by atoms with van der Waals surface area (Å²) in [7, 11) is 0. The first-order valence-corrected chi connectivity index (χ1v) is 6.77. The van der Waals surface area contributed by atoms with Gasteiger partial charge in [0.15, 0.2) is 11.0 Å². The highest BCUT2D eigenvalue weighted by atomic mass is 32.2. The molecule has 0 spiro atoms. The SMILES string of the molecule is CCCn1nnnc1CSc1nccc(C(F)(F)F)n1. The van der Waals surface area contributed by atoms with Crippen LogP contribution >= 0.6 is 11.8 Å². The first-order valence-electron chi connectivity index (χ1n) is 5.78. The summed E-state index contributed by atoms with van der Waals surface area (Å²) in [6, 6.07) is 0.838. The fourth-order valence-corrected chi connectivity index (χ4v) is 2.17. The van der Waals surface area contributed by atoms with E-state index >= 15 is 0 Å². The van der Waals surface area contributed by atoms with Crippen molar-refractivity contribution in [2.75, 3.05) is 0 Å². The van der Waals surface area contributed by atoms with Crippen molar-refractivity contribution >= 4 is 11.8 Å². The lowest BCUT2D eigenvalue weighted by Crippen LogP contribution is -2.09. The predicted octanol–water partition coefficient (Wildman–Crippen LogP) is 2.18. The maximum absolute atomic E-state index is 12.5. The summed E-state index contributed by atoms with van der Waals surface area (Å²) < 4.78 is 39.1. The van der Waals surface area contributed by atoms with E-state index in [1.807, 2.05) is 6.92 Å². The minimum absolute atomic E-state index is 0.0471. The number of aryl methyl sites for hydroxylation is 1. The molecule has 2 heterocycles. The molecule has 0 unspecified atom stereocenters. The third kappa shape index (κ3) is 3.65. The maximum Gasteiger partial charge on any atom is 0.433 e. The van der Waals surface area contributed by atoms with Crippen molar-refractivity contribution in [2.24, 2.45) is 0 Å². The van der Waals surface area contributed by atoms with Gasteiger partial charge in [-0.25, -0.2) is 14.6 Å². The molecule has 0 N–H and O–H groups in total. The molecule has 2 aromatic rings. The number of nitrogens with zero attached hydrogens (tertiary/aromatic N) is 6. The summed E-state index contributed by atoms with van der Waals surface area (Å²) in [5, 5.41) is 11.2. The molecule has 2 rings (SSSR count). The number of hydrogen-bond acceptors (Lipinski definition) is 6. The molecule has 0 aliphatic carbocycles. The molecular weight excluding hydrogens is 293 g/mol. The lowest BCUT2D eigenvalue weighted by Gasteiger charge is -2.06. The predicted molar refractivity (Wildman–Crippen MR) is 64.7 cm³/mol. The van der Waals surface area contributed by atoms with Gasteiger partial charge in [-0.1, -0.05) is 18.7 Å². The van der Waals surface area contributed by atoms with Crippen molar-refractivity contribution < 1.29 is 13.2 Å². The third-order valence-electron chi connectivity index (χ3n) is 2.30. The second-order valence-corrected chi connectivity index (χ2v) is 4.77. The van der Waals surface area contributed by atoms with E-state index in [1.165, 1.54) is 0 Å². The summed E-state index contributed by atoms with van der Waals surface area (Å²) >= 11 is 1.06. The van der Waals surface area contributed by atoms with Crippen LogP contribution in [0.5, 0.6) is 0 Å². The fraction of sp³-hybridized carbons (Fsp3) is 0.500. The molecule has 0 fully saturated rings. The molecule has 0 bridgehead atoms. The minimum Gasteiger partial charge on any atom is -0.231 e. The Kier molecular flexibility index (Phi) is 4.53. The number of aromatic nitrogens is 6. The Hall–Kier alpha value is -1.71. The van der Waals surface area contributed by atoms with Gasteiger partial charge in [-0.3, -0.25) is 0 Å². The zero-order valence-electron chi connectivity index (χ0n) is 10.5. The Bertz CT molecular complexity index is 570. The highest BCUT2D eigenvalue weighted by molar-refractivity contribution is 7.98. The summed E-state index contributed by atoms with van der Waals surface area (Å²) in [6.45, 7) is 2.64. The van der Waals surface area contributed by atoms with Gasteiger partial charge in [-0.05, 0) is 22.9 Å². The first kappa shape index (κ1) is 14.7. The number of hydrogen-bond donors (Lipinski definition) is 0. The van der Waals surface area contributed by atoms with Crippen molar-refractivity contribution in [2.45, 2.75) is 37.0 Å². The molecule has 0 amide bonds. The molecule has 0 saturated heterocycles. The van der Waals surface area contributed by atoms with Crippen LogP contribution in [0.25, 0.3) is 0 Å². The van der Waals surface area contributed by atoms with Crippen molar-refractivity contribution in [3.63, 3.8) is 0 Å². The summed E-state index contributed by atoms with van der Waals surface area (Å²) in [4.78, 5) is 7.27. The average molecular weight is 304 g/mol. The van der Waals surface area contributed by atoms with Gasteiger partial charge in [0.2, 0.25) is 0 Å². The van der Waals surface area contributed by atoms with E-state index in [9.17, 15) is 13.2 Å². The van der Waals surface area contributed by atoms with E-state index in [4.69, 9.17) is 0 Å². The normalized spacial score (nSPS) is 11.8. The van der Waals surface area contributed by atoms with Crippen molar-refractivity contribution in [1.29, 1.82) is 0 Å².